The molecular formula is C30H41N9O6. The number of aliphatic imine (C=N–C) groups is 2. The molecule has 6 rings (SSSR count). The van der Waals surface area contributed by atoms with Crippen molar-refractivity contribution in [1.82, 2.24) is 30.0 Å². The van der Waals surface area contributed by atoms with Gasteiger partial charge in [0.15, 0.2) is 17.2 Å². The lowest BCUT2D eigenvalue weighted by Gasteiger charge is -2.28. The number of hydrogen-bond donors (Lipinski definition) is 2. The Balaban J connectivity index is 1.04. The molecule has 15 nitrogen and oxygen atoms in total. The summed E-state index contributed by atoms with van der Waals surface area (Å²) >= 11 is 0. The summed E-state index contributed by atoms with van der Waals surface area (Å²) in [4.78, 5) is 37.5. The second-order valence-electron chi connectivity index (χ2n) is 10.9. The van der Waals surface area contributed by atoms with E-state index in [2.05, 4.69) is 35.4 Å². The Morgan fingerprint density at radius 2 is 1.67 bits per heavy atom. The zero-order chi connectivity index (χ0) is 30.8. The van der Waals surface area contributed by atoms with E-state index in [4.69, 9.17) is 28.7 Å². The normalized spacial score (nSPS) is 18.4. The van der Waals surface area contributed by atoms with Gasteiger partial charge in [0.25, 0.3) is 0 Å². The van der Waals surface area contributed by atoms with Crippen molar-refractivity contribution >= 4 is 29.5 Å². The minimum absolute atomic E-state index is 0.212. The van der Waals surface area contributed by atoms with Gasteiger partial charge in [0, 0.05) is 51.4 Å². The fraction of sp³-hybridized carbons (Fsp3) is 0.567. The highest BCUT2D eigenvalue weighted by Gasteiger charge is 2.33. The van der Waals surface area contributed by atoms with E-state index in [1.54, 1.807) is 7.11 Å². The van der Waals surface area contributed by atoms with Crippen LogP contribution in [0.5, 0.6) is 17.2 Å². The lowest BCUT2D eigenvalue weighted by molar-refractivity contribution is 0.0357. The van der Waals surface area contributed by atoms with Gasteiger partial charge in [-0.25, -0.2) is 19.8 Å². The number of ether oxygens (including phenoxy) is 5. The Bertz CT molecular complexity index is 1360. The molecule has 2 fully saturated rings. The fourth-order valence-corrected chi connectivity index (χ4v) is 5.61. The first-order valence-corrected chi connectivity index (χ1v) is 15.6. The van der Waals surface area contributed by atoms with E-state index in [0.717, 1.165) is 90.6 Å². The van der Waals surface area contributed by atoms with Crippen molar-refractivity contribution in [3.8, 4) is 17.2 Å². The summed E-state index contributed by atoms with van der Waals surface area (Å²) in [5, 5.41) is 5.97. The second kappa shape index (κ2) is 15.3. The van der Waals surface area contributed by atoms with Gasteiger partial charge in [-0.05, 0) is 31.5 Å². The largest absolute Gasteiger partial charge is 0.491 e. The number of guanidine groups is 1. The summed E-state index contributed by atoms with van der Waals surface area (Å²) < 4.78 is 28.2. The number of fused-ring (bicyclic) bond motifs is 3. The number of aromatic nitrogens is 2. The molecule has 2 N–H and O–H groups in total. The highest BCUT2D eigenvalue weighted by molar-refractivity contribution is 6.18. The number of anilines is 1. The number of benzene rings is 1. The third-order valence-electron chi connectivity index (χ3n) is 7.93. The van der Waals surface area contributed by atoms with E-state index in [1.807, 2.05) is 17.0 Å². The number of amides is 1. The number of rotatable bonds is 12. The molecule has 0 bridgehead atoms. The molecule has 2 saturated heterocycles. The van der Waals surface area contributed by atoms with Crippen molar-refractivity contribution in [3.63, 3.8) is 0 Å². The van der Waals surface area contributed by atoms with Crippen LogP contribution in [-0.4, -0.2) is 142 Å². The van der Waals surface area contributed by atoms with Crippen molar-refractivity contribution in [1.29, 1.82) is 0 Å². The number of hydrogen-bond acceptors (Lipinski definition) is 14. The monoisotopic (exact) mass is 623 g/mol. The third-order valence-corrected chi connectivity index (χ3v) is 7.93. The van der Waals surface area contributed by atoms with Crippen LogP contribution in [0.25, 0.3) is 0 Å². The number of carbonyl (C=O) groups is 1. The predicted octanol–water partition coefficient (Wildman–Crippen LogP) is 1.57. The number of amidine groups is 1. The molecular weight excluding hydrogens is 582 g/mol. The van der Waals surface area contributed by atoms with Gasteiger partial charge in [-0.2, -0.15) is 0 Å². The van der Waals surface area contributed by atoms with Crippen LogP contribution in [0.3, 0.4) is 0 Å². The topological polar surface area (TPSA) is 148 Å². The van der Waals surface area contributed by atoms with Crippen LogP contribution in [0.2, 0.25) is 0 Å². The van der Waals surface area contributed by atoms with Crippen LogP contribution in [0.15, 0.2) is 34.5 Å². The molecule has 4 aliphatic rings. The standard InChI is InChI=1S/C30H41N9O6/c1-41-26-24(44-15-3-9-38-13-18-43-19-14-38)5-4-23-25(26)35-29(39-10-7-31-27(23)39)36-30(40)45-22-20-33-28(34-21-22)32-6-2-8-37-11-16-42-17-12-37/h4-5,20-21H,2-3,6-19H2,1H3,(H,32,33,34)(H,35,36,40). The van der Waals surface area contributed by atoms with Gasteiger partial charge < -0.3 is 29.0 Å². The summed E-state index contributed by atoms with van der Waals surface area (Å²) in [6.07, 6.45) is 4.04. The molecule has 0 unspecified atom stereocenters. The van der Waals surface area contributed by atoms with Crippen molar-refractivity contribution in [2.75, 3.05) is 104 Å². The van der Waals surface area contributed by atoms with Crippen LogP contribution in [0.4, 0.5) is 16.4 Å². The number of morpholine rings is 2. The molecule has 1 aromatic carbocycles. The highest BCUT2D eigenvalue weighted by atomic mass is 16.6. The summed E-state index contributed by atoms with van der Waals surface area (Å²) in [6.45, 7) is 11.3. The van der Waals surface area contributed by atoms with E-state index in [9.17, 15) is 4.79 Å². The van der Waals surface area contributed by atoms with Gasteiger partial charge >= 0.3 is 6.09 Å². The van der Waals surface area contributed by atoms with Gasteiger partial charge in [-0.1, -0.05) is 0 Å². The van der Waals surface area contributed by atoms with Crippen molar-refractivity contribution < 1.29 is 28.5 Å². The first-order valence-electron chi connectivity index (χ1n) is 15.6. The minimum Gasteiger partial charge on any atom is -0.491 e. The van der Waals surface area contributed by atoms with Crippen LogP contribution >= 0.6 is 0 Å². The summed E-state index contributed by atoms with van der Waals surface area (Å²) in [5.74, 6) is 2.77. The molecule has 4 aliphatic heterocycles. The molecule has 45 heavy (non-hydrogen) atoms. The van der Waals surface area contributed by atoms with Crippen LogP contribution < -0.4 is 24.8 Å². The van der Waals surface area contributed by atoms with Crippen molar-refractivity contribution in [3.05, 3.63) is 30.1 Å². The number of methoxy groups -OCH3 is 1. The maximum atomic E-state index is 12.9. The molecule has 242 valence electrons. The lowest BCUT2D eigenvalue weighted by atomic mass is 10.1. The Morgan fingerprint density at radius 1 is 0.956 bits per heavy atom. The Labute approximate surface area is 262 Å². The van der Waals surface area contributed by atoms with Gasteiger partial charge in [0.2, 0.25) is 11.9 Å². The second-order valence-corrected chi connectivity index (χ2v) is 10.9. The summed E-state index contributed by atoms with van der Waals surface area (Å²) in [6, 6.07) is 3.82. The van der Waals surface area contributed by atoms with Crippen molar-refractivity contribution in [2.45, 2.75) is 12.8 Å². The first kappa shape index (κ1) is 31.0. The fourth-order valence-electron chi connectivity index (χ4n) is 5.61. The molecule has 2 aromatic rings. The van der Waals surface area contributed by atoms with Crippen LogP contribution in [-0.2, 0) is 9.47 Å². The molecule has 0 saturated carbocycles. The number of nitrogens with zero attached hydrogens (tertiary/aromatic N) is 7. The first-order chi connectivity index (χ1) is 22.2. The van der Waals surface area contributed by atoms with E-state index in [-0.39, 0.29) is 5.75 Å². The van der Waals surface area contributed by atoms with Crippen LogP contribution in [0.1, 0.15) is 18.4 Å². The molecule has 0 atom stereocenters. The van der Waals surface area contributed by atoms with Gasteiger partial charge in [0.05, 0.1) is 59.1 Å². The Hall–Kier alpha value is -4.05. The molecule has 1 amide bonds. The Morgan fingerprint density at radius 3 is 2.38 bits per heavy atom. The molecule has 5 heterocycles. The van der Waals surface area contributed by atoms with Crippen LogP contribution in [0, 0.1) is 0 Å². The average molecular weight is 624 g/mol. The molecule has 0 aliphatic carbocycles. The zero-order valence-electron chi connectivity index (χ0n) is 25.7. The highest BCUT2D eigenvalue weighted by Crippen LogP contribution is 2.43. The smallest absolute Gasteiger partial charge is 0.419 e. The number of carbonyl (C=O) groups excluding carboxylic acids is 1. The summed E-state index contributed by atoms with van der Waals surface area (Å²) in [7, 11) is 1.58. The maximum absolute atomic E-state index is 12.9. The SMILES string of the molecule is COc1c(OCCCN2CCOCC2)ccc2c1N=C(NC(=O)Oc1cnc(NCCCN3CCOCC3)nc1)N1CCN=C21. The molecule has 0 spiro atoms. The van der Waals surface area contributed by atoms with Gasteiger partial charge in [-0.3, -0.25) is 25.0 Å². The minimum atomic E-state index is -0.715. The van der Waals surface area contributed by atoms with Gasteiger partial charge in [-0.15, -0.1) is 0 Å². The summed E-state index contributed by atoms with van der Waals surface area (Å²) in [5.41, 5.74) is 1.35. The molecule has 1 aromatic heterocycles. The quantitative estimate of drug-likeness (QED) is 0.331. The molecule has 15 heteroatoms. The Kier molecular flexibility index (Phi) is 10.5. The maximum Gasteiger partial charge on any atom is 0.419 e. The van der Waals surface area contributed by atoms with E-state index in [0.29, 0.717) is 54.6 Å². The molecule has 0 radical (unpaired) electrons. The average Bonchev–Trinajstić information content (AvgIpc) is 3.58. The predicted molar refractivity (Wildman–Crippen MR) is 167 cm³/mol. The van der Waals surface area contributed by atoms with E-state index >= 15 is 0 Å². The van der Waals surface area contributed by atoms with Gasteiger partial charge in [0.1, 0.15) is 11.5 Å². The third kappa shape index (κ3) is 7.97. The van der Waals surface area contributed by atoms with E-state index < -0.39 is 6.09 Å². The zero-order valence-corrected chi connectivity index (χ0v) is 25.7. The van der Waals surface area contributed by atoms with E-state index in [1.165, 1.54) is 12.4 Å². The lowest BCUT2D eigenvalue weighted by Crippen LogP contribution is -2.48. The number of nitrogens with one attached hydrogen (secondary N) is 2. The van der Waals surface area contributed by atoms with Crippen molar-refractivity contribution in [2.24, 2.45) is 9.98 Å².